The molecule has 0 spiro atoms. The first-order chi connectivity index (χ1) is 9.40. The molecule has 7 heteroatoms. The highest BCUT2D eigenvalue weighted by molar-refractivity contribution is 9.10. The Morgan fingerprint density at radius 1 is 1.20 bits per heavy atom. The van der Waals surface area contributed by atoms with Gasteiger partial charge in [-0.1, -0.05) is 0 Å². The first-order valence-corrected chi connectivity index (χ1v) is 6.38. The maximum absolute atomic E-state index is 12.6. The first-order valence-electron chi connectivity index (χ1n) is 5.59. The van der Waals surface area contributed by atoms with E-state index in [1.807, 2.05) is 0 Å². The van der Waals surface area contributed by atoms with Crippen LogP contribution in [0.4, 0.5) is 13.2 Å². The summed E-state index contributed by atoms with van der Waals surface area (Å²) in [5.41, 5.74) is 5.00. The fraction of sp³-hybridized carbons (Fsp3) is 0.154. The number of aromatic nitrogens is 1. The minimum Gasteiger partial charge on any atom is -0.455 e. The summed E-state index contributed by atoms with van der Waals surface area (Å²) in [5.74, 6) is 0.689. The second-order valence-electron chi connectivity index (χ2n) is 3.97. The van der Waals surface area contributed by atoms with E-state index < -0.39 is 11.7 Å². The van der Waals surface area contributed by atoms with Gasteiger partial charge in [0, 0.05) is 22.8 Å². The zero-order valence-corrected chi connectivity index (χ0v) is 11.7. The third-order valence-corrected chi connectivity index (χ3v) is 2.95. The van der Waals surface area contributed by atoms with Gasteiger partial charge in [-0.2, -0.15) is 13.2 Å². The number of hydrogen-bond donors (Lipinski definition) is 1. The standard InChI is InChI=1S/C13H10BrF3N2O/c14-10-4-11(7-19-6-10)20-12-2-1-9(13(15,16)17)3-8(12)5-18/h1-4,6-7H,5,18H2. The molecule has 0 amide bonds. The van der Waals surface area contributed by atoms with E-state index >= 15 is 0 Å². The van der Waals surface area contributed by atoms with E-state index in [0.29, 0.717) is 10.2 Å². The highest BCUT2D eigenvalue weighted by Gasteiger charge is 2.31. The number of halogens is 4. The lowest BCUT2D eigenvalue weighted by molar-refractivity contribution is -0.137. The largest absolute Gasteiger partial charge is 0.455 e. The average molecular weight is 347 g/mol. The highest BCUT2D eigenvalue weighted by Crippen LogP contribution is 2.34. The summed E-state index contributed by atoms with van der Waals surface area (Å²) >= 11 is 3.23. The Morgan fingerprint density at radius 2 is 1.95 bits per heavy atom. The summed E-state index contributed by atoms with van der Waals surface area (Å²) < 4.78 is 44.1. The summed E-state index contributed by atoms with van der Waals surface area (Å²) in [6, 6.07) is 4.86. The molecular formula is C13H10BrF3N2O. The van der Waals surface area contributed by atoms with Crippen LogP contribution in [0.1, 0.15) is 11.1 Å². The molecule has 0 unspecified atom stereocenters. The Labute approximate surface area is 121 Å². The maximum atomic E-state index is 12.6. The lowest BCUT2D eigenvalue weighted by atomic mass is 10.1. The average Bonchev–Trinajstić information content (AvgIpc) is 2.38. The fourth-order valence-electron chi connectivity index (χ4n) is 1.59. The highest BCUT2D eigenvalue weighted by atomic mass is 79.9. The van der Waals surface area contributed by atoms with E-state index in [9.17, 15) is 13.2 Å². The van der Waals surface area contributed by atoms with Crippen LogP contribution in [0, 0.1) is 0 Å². The van der Waals surface area contributed by atoms with Crippen LogP contribution >= 0.6 is 15.9 Å². The van der Waals surface area contributed by atoms with Gasteiger partial charge >= 0.3 is 6.18 Å². The number of pyridine rings is 1. The molecule has 1 aromatic carbocycles. The van der Waals surface area contributed by atoms with Gasteiger partial charge in [-0.15, -0.1) is 0 Å². The number of nitrogens with zero attached hydrogens (tertiary/aromatic N) is 1. The second kappa shape index (κ2) is 5.80. The number of hydrogen-bond acceptors (Lipinski definition) is 3. The van der Waals surface area contributed by atoms with Crippen molar-refractivity contribution in [3.05, 3.63) is 52.3 Å². The van der Waals surface area contributed by atoms with Gasteiger partial charge in [0.05, 0.1) is 11.8 Å². The van der Waals surface area contributed by atoms with E-state index in [1.165, 1.54) is 12.3 Å². The molecular weight excluding hydrogens is 337 g/mol. The van der Waals surface area contributed by atoms with Gasteiger partial charge in [0.25, 0.3) is 0 Å². The Hall–Kier alpha value is -1.60. The van der Waals surface area contributed by atoms with Gasteiger partial charge in [0.15, 0.2) is 0 Å². The van der Waals surface area contributed by atoms with E-state index in [-0.39, 0.29) is 17.9 Å². The van der Waals surface area contributed by atoms with Crippen molar-refractivity contribution in [2.45, 2.75) is 12.7 Å². The van der Waals surface area contributed by atoms with Crippen LogP contribution in [0.15, 0.2) is 41.1 Å². The second-order valence-corrected chi connectivity index (χ2v) is 4.88. The molecule has 20 heavy (non-hydrogen) atoms. The van der Waals surface area contributed by atoms with Crippen LogP contribution in [0.3, 0.4) is 0 Å². The van der Waals surface area contributed by atoms with Crippen LogP contribution in [0.5, 0.6) is 11.5 Å². The summed E-state index contributed by atoms with van der Waals surface area (Å²) in [6.07, 6.45) is -1.37. The van der Waals surface area contributed by atoms with Crippen molar-refractivity contribution in [2.75, 3.05) is 0 Å². The lowest BCUT2D eigenvalue weighted by Crippen LogP contribution is -2.08. The molecule has 0 saturated carbocycles. The van der Waals surface area contributed by atoms with Crippen LogP contribution in [0.2, 0.25) is 0 Å². The summed E-state index contributed by atoms with van der Waals surface area (Å²) in [5, 5.41) is 0. The Morgan fingerprint density at radius 3 is 2.55 bits per heavy atom. The molecule has 0 aliphatic carbocycles. The number of rotatable bonds is 3. The third kappa shape index (κ3) is 3.49. The lowest BCUT2D eigenvalue weighted by Gasteiger charge is -2.13. The fourth-order valence-corrected chi connectivity index (χ4v) is 1.93. The molecule has 2 rings (SSSR count). The third-order valence-electron chi connectivity index (χ3n) is 2.52. The van der Waals surface area contributed by atoms with Crippen molar-refractivity contribution >= 4 is 15.9 Å². The van der Waals surface area contributed by atoms with Crippen molar-refractivity contribution in [3.8, 4) is 11.5 Å². The smallest absolute Gasteiger partial charge is 0.416 e. The molecule has 0 aliphatic heterocycles. The van der Waals surface area contributed by atoms with E-state index in [1.54, 1.807) is 12.3 Å². The normalized spacial score (nSPS) is 11.4. The minimum atomic E-state index is -4.40. The predicted molar refractivity (Wildman–Crippen MR) is 71.3 cm³/mol. The zero-order valence-electron chi connectivity index (χ0n) is 10.1. The molecule has 2 N–H and O–H groups in total. The number of benzene rings is 1. The maximum Gasteiger partial charge on any atom is 0.416 e. The van der Waals surface area contributed by atoms with Gasteiger partial charge in [0.2, 0.25) is 0 Å². The topological polar surface area (TPSA) is 48.1 Å². The summed E-state index contributed by atoms with van der Waals surface area (Å²) in [4.78, 5) is 3.91. The van der Waals surface area contributed by atoms with Crippen LogP contribution in [-0.4, -0.2) is 4.98 Å². The SMILES string of the molecule is NCc1cc(C(F)(F)F)ccc1Oc1cncc(Br)c1. The summed E-state index contributed by atoms with van der Waals surface area (Å²) in [6.45, 7) is -0.0549. The minimum absolute atomic E-state index is 0.0549. The number of alkyl halides is 3. The van der Waals surface area contributed by atoms with Crippen LogP contribution < -0.4 is 10.5 Å². The predicted octanol–water partition coefficient (Wildman–Crippen LogP) is 4.11. The van der Waals surface area contributed by atoms with Crippen molar-refractivity contribution in [1.82, 2.24) is 4.98 Å². The number of ether oxygens (including phenoxy) is 1. The Balaban J connectivity index is 2.33. The van der Waals surface area contributed by atoms with E-state index in [4.69, 9.17) is 10.5 Å². The van der Waals surface area contributed by atoms with Gasteiger partial charge in [0.1, 0.15) is 11.5 Å². The molecule has 106 valence electrons. The molecule has 2 aromatic rings. The van der Waals surface area contributed by atoms with E-state index in [0.717, 1.165) is 12.1 Å². The van der Waals surface area contributed by atoms with Crippen molar-refractivity contribution in [2.24, 2.45) is 5.73 Å². The van der Waals surface area contributed by atoms with Crippen LogP contribution in [-0.2, 0) is 12.7 Å². The monoisotopic (exact) mass is 346 g/mol. The van der Waals surface area contributed by atoms with Crippen molar-refractivity contribution in [3.63, 3.8) is 0 Å². The Kier molecular flexibility index (Phi) is 4.29. The molecule has 0 radical (unpaired) electrons. The molecule has 3 nitrogen and oxygen atoms in total. The van der Waals surface area contributed by atoms with Gasteiger partial charge in [-0.05, 0) is 40.2 Å². The van der Waals surface area contributed by atoms with Gasteiger partial charge in [-0.25, -0.2) is 0 Å². The molecule has 0 bridgehead atoms. The molecule has 1 heterocycles. The van der Waals surface area contributed by atoms with E-state index in [2.05, 4.69) is 20.9 Å². The molecule has 0 atom stereocenters. The van der Waals surface area contributed by atoms with Crippen LogP contribution in [0.25, 0.3) is 0 Å². The van der Waals surface area contributed by atoms with Gasteiger partial charge in [-0.3, -0.25) is 4.98 Å². The quantitative estimate of drug-likeness (QED) is 0.909. The molecule has 1 aromatic heterocycles. The van der Waals surface area contributed by atoms with Crippen molar-refractivity contribution in [1.29, 1.82) is 0 Å². The first kappa shape index (κ1) is 14.8. The molecule has 0 aliphatic rings. The zero-order chi connectivity index (χ0) is 14.8. The molecule has 0 saturated heterocycles. The van der Waals surface area contributed by atoms with Gasteiger partial charge < -0.3 is 10.5 Å². The van der Waals surface area contributed by atoms with Crippen molar-refractivity contribution < 1.29 is 17.9 Å². The molecule has 0 fully saturated rings. The number of nitrogens with two attached hydrogens (primary N) is 1. The Bertz CT molecular complexity index is 617. The summed E-state index contributed by atoms with van der Waals surface area (Å²) in [7, 11) is 0.